The zero-order chi connectivity index (χ0) is 13.6. The average Bonchev–Trinajstić information content (AvgIpc) is 2.49. The predicted octanol–water partition coefficient (Wildman–Crippen LogP) is 2.05. The number of hydrogen-bond acceptors (Lipinski definition) is 1. The van der Waals surface area contributed by atoms with E-state index >= 15 is 0 Å². The zero-order valence-electron chi connectivity index (χ0n) is 10.5. The van der Waals surface area contributed by atoms with Gasteiger partial charge in [0.15, 0.2) is 0 Å². The zero-order valence-corrected chi connectivity index (χ0v) is 14.8. The SMILES string of the molecule is C=CCN[Se][P+]([Se])(c1ccccc1)c1ccccc1. The summed E-state index contributed by atoms with van der Waals surface area (Å²) >= 11 is 3.85. The van der Waals surface area contributed by atoms with E-state index in [4.69, 9.17) is 0 Å². The molecule has 0 saturated heterocycles. The Bertz CT molecular complexity index is 477. The van der Waals surface area contributed by atoms with Crippen LogP contribution in [-0.2, 0) is 0 Å². The molecule has 0 fully saturated rings. The van der Waals surface area contributed by atoms with Crippen LogP contribution >= 0.6 is 4.64 Å². The average molecular weight is 399 g/mol. The molecular weight excluding hydrogens is 383 g/mol. The molecule has 0 atom stereocenters. The molecule has 0 saturated carbocycles. The molecule has 1 N–H and O–H groups in total. The van der Waals surface area contributed by atoms with E-state index in [0.717, 1.165) is 6.54 Å². The molecule has 4 heteroatoms. The van der Waals surface area contributed by atoms with Gasteiger partial charge >= 0.3 is 130 Å². The summed E-state index contributed by atoms with van der Waals surface area (Å²) in [4.78, 5) is 0. The predicted molar refractivity (Wildman–Crippen MR) is 88.8 cm³/mol. The van der Waals surface area contributed by atoms with Gasteiger partial charge in [0.1, 0.15) is 0 Å². The second-order valence-corrected chi connectivity index (χ2v) is 18.4. The van der Waals surface area contributed by atoms with Crippen LogP contribution in [0.15, 0.2) is 73.3 Å². The third-order valence-corrected chi connectivity index (χ3v) is 15.5. The second kappa shape index (κ2) is 7.41. The van der Waals surface area contributed by atoms with E-state index in [2.05, 4.69) is 87.1 Å². The van der Waals surface area contributed by atoms with Crippen molar-refractivity contribution in [1.29, 1.82) is 0 Å². The van der Waals surface area contributed by atoms with Crippen molar-refractivity contribution < 1.29 is 0 Å². The molecule has 0 heterocycles. The molecule has 0 unspecified atom stereocenters. The van der Waals surface area contributed by atoms with Crippen LogP contribution in [0, 0.1) is 0 Å². The Balaban J connectivity index is 2.35. The third-order valence-electron chi connectivity index (χ3n) is 2.61. The molecule has 0 aromatic heterocycles. The van der Waals surface area contributed by atoms with Crippen molar-refractivity contribution in [3.8, 4) is 0 Å². The monoisotopic (exact) mass is 401 g/mol. The van der Waals surface area contributed by atoms with E-state index in [-0.39, 0.29) is 0 Å². The fourth-order valence-corrected chi connectivity index (χ4v) is 11.6. The number of hydrogen-bond donors (Lipinski definition) is 1. The minimum atomic E-state index is -1.43. The van der Waals surface area contributed by atoms with E-state index in [1.165, 1.54) is 10.6 Å². The van der Waals surface area contributed by atoms with Gasteiger partial charge in [-0.15, -0.1) is 0 Å². The fourth-order valence-electron chi connectivity index (χ4n) is 1.69. The molecular formula is C15H16NPSe2+. The van der Waals surface area contributed by atoms with Crippen LogP contribution in [-0.4, -0.2) is 36.8 Å². The minimum absolute atomic E-state index is 0.323. The Hall–Kier alpha value is -0.391. The van der Waals surface area contributed by atoms with Crippen LogP contribution in [0.5, 0.6) is 0 Å². The van der Waals surface area contributed by atoms with Gasteiger partial charge in [-0.1, -0.05) is 0 Å². The molecule has 1 radical (unpaired) electrons. The fraction of sp³-hybridized carbons (Fsp3) is 0.0667. The summed E-state index contributed by atoms with van der Waals surface area (Å²) in [6.07, 6.45) is 1.92. The van der Waals surface area contributed by atoms with E-state index < -0.39 is 4.64 Å². The van der Waals surface area contributed by atoms with Gasteiger partial charge in [0.05, 0.1) is 0 Å². The molecule has 0 aliphatic carbocycles. The molecule has 0 aliphatic rings. The maximum absolute atomic E-state index is 3.78. The first-order chi connectivity index (χ1) is 9.27. The van der Waals surface area contributed by atoms with Gasteiger partial charge in [0, 0.05) is 0 Å². The van der Waals surface area contributed by atoms with Crippen LogP contribution in [0.3, 0.4) is 0 Å². The molecule has 0 amide bonds. The first kappa shape index (κ1) is 15.0. The normalized spacial score (nSPS) is 11.2. The second-order valence-electron chi connectivity index (χ2n) is 3.95. The summed E-state index contributed by atoms with van der Waals surface area (Å²) in [6.45, 7) is 4.64. The Labute approximate surface area is 129 Å². The molecule has 19 heavy (non-hydrogen) atoms. The van der Waals surface area contributed by atoms with Crippen molar-refractivity contribution in [2.75, 3.05) is 6.54 Å². The number of nitrogens with one attached hydrogen (secondary N) is 1. The Morgan fingerprint density at radius 2 is 1.47 bits per heavy atom. The van der Waals surface area contributed by atoms with Gasteiger partial charge in [-0.3, -0.25) is 0 Å². The van der Waals surface area contributed by atoms with Crippen LogP contribution < -0.4 is 14.9 Å². The molecule has 0 aliphatic heterocycles. The summed E-state index contributed by atoms with van der Waals surface area (Å²) in [7, 11) is 0. The summed E-state index contributed by atoms with van der Waals surface area (Å²) in [5.41, 5.74) is 0. The van der Waals surface area contributed by atoms with Crippen molar-refractivity contribution in [2.24, 2.45) is 0 Å². The third kappa shape index (κ3) is 3.80. The van der Waals surface area contributed by atoms with Gasteiger partial charge in [-0.25, -0.2) is 0 Å². The first-order valence-corrected chi connectivity index (χ1v) is 13.1. The molecule has 2 aromatic rings. The topological polar surface area (TPSA) is 12.0 Å². The van der Waals surface area contributed by atoms with E-state index in [1.807, 2.05) is 6.08 Å². The molecule has 97 valence electrons. The van der Waals surface area contributed by atoms with Crippen molar-refractivity contribution in [3.05, 3.63) is 73.3 Å². The molecule has 0 spiro atoms. The Kier molecular flexibility index (Phi) is 5.85. The van der Waals surface area contributed by atoms with Crippen molar-refractivity contribution >= 4 is 45.6 Å². The van der Waals surface area contributed by atoms with Gasteiger partial charge < -0.3 is 0 Å². The quantitative estimate of drug-likeness (QED) is 0.340. The molecule has 1 nitrogen and oxygen atoms in total. The van der Waals surface area contributed by atoms with E-state index in [0.29, 0.717) is 14.7 Å². The van der Waals surface area contributed by atoms with Gasteiger partial charge in [-0.05, 0) is 0 Å². The standard InChI is InChI=1S/C15H16NPSe2/c1-2-13-16-19-17(18,14-9-5-3-6-10-14)15-11-7-4-8-12-15/h2-12,16H,1,13H2/q+1. The van der Waals surface area contributed by atoms with Gasteiger partial charge in [-0.2, -0.15) is 0 Å². The van der Waals surface area contributed by atoms with Gasteiger partial charge in [0.2, 0.25) is 0 Å². The molecule has 2 aromatic carbocycles. The van der Waals surface area contributed by atoms with E-state index in [9.17, 15) is 0 Å². The summed E-state index contributed by atoms with van der Waals surface area (Å²) < 4.78 is 2.11. The molecule has 0 bridgehead atoms. The Morgan fingerprint density at radius 1 is 1.00 bits per heavy atom. The summed E-state index contributed by atoms with van der Waals surface area (Å²) in [5, 5.41) is 2.83. The van der Waals surface area contributed by atoms with Crippen LogP contribution in [0.4, 0.5) is 0 Å². The first-order valence-electron chi connectivity index (χ1n) is 6.01. The van der Waals surface area contributed by atoms with Crippen LogP contribution in [0.25, 0.3) is 0 Å². The van der Waals surface area contributed by atoms with Crippen molar-refractivity contribution in [2.45, 2.75) is 0 Å². The van der Waals surface area contributed by atoms with Crippen molar-refractivity contribution in [1.82, 2.24) is 4.33 Å². The maximum atomic E-state index is 3.78. The summed E-state index contributed by atoms with van der Waals surface area (Å²) in [6, 6.07) is 21.5. The van der Waals surface area contributed by atoms with Crippen molar-refractivity contribution in [3.63, 3.8) is 0 Å². The summed E-state index contributed by atoms with van der Waals surface area (Å²) in [5.74, 6) is 0. The Morgan fingerprint density at radius 3 is 1.89 bits per heavy atom. The van der Waals surface area contributed by atoms with Crippen LogP contribution in [0.2, 0.25) is 0 Å². The van der Waals surface area contributed by atoms with Crippen LogP contribution in [0.1, 0.15) is 0 Å². The molecule has 2 rings (SSSR count). The number of rotatable bonds is 6. The number of benzene rings is 2. The van der Waals surface area contributed by atoms with Gasteiger partial charge in [0.25, 0.3) is 0 Å². The van der Waals surface area contributed by atoms with E-state index in [1.54, 1.807) is 0 Å².